The average Bonchev–Trinajstić information content (AvgIpc) is 2.74. The number of aromatic nitrogens is 2. The van der Waals surface area contributed by atoms with Gasteiger partial charge in [-0.25, -0.2) is 9.59 Å². The molecule has 1 atom stereocenters. The second-order valence-corrected chi connectivity index (χ2v) is 6.97. The number of nitrogens with zero attached hydrogens (tertiary/aromatic N) is 3. The number of H-pyrrole nitrogens is 1. The lowest BCUT2D eigenvalue weighted by molar-refractivity contribution is -0.150. The van der Waals surface area contributed by atoms with Crippen molar-refractivity contribution >= 4 is 28.8 Å². The predicted octanol–water partition coefficient (Wildman–Crippen LogP) is 1.97. The zero-order valence-corrected chi connectivity index (χ0v) is 17.8. The van der Waals surface area contributed by atoms with E-state index in [-0.39, 0.29) is 6.61 Å². The molecule has 0 fully saturated rings. The first-order valence-corrected chi connectivity index (χ1v) is 9.75. The van der Waals surface area contributed by atoms with E-state index in [1.807, 2.05) is 25.1 Å². The lowest BCUT2D eigenvalue weighted by atomic mass is 10.2. The Labute approximate surface area is 178 Å². The molecule has 9 heteroatoms. The van der Waals surface area contributed by atoms with Gasteiger partial charge in [0.2, 0.25) is 0 Å². The second kappa shape index (κ2) is 9.29. The number of nitrogens with one attached hydrogen (secondary N) is 1. The number of fused-ring (bicyclic) bond motifs is 1. The van der Waals surface area contributed by atoms with Gasteiger partial charge in [0, 0.05) is 31.4 Å². The Bertz CT molecular complexity index is 1240. The van der Waals surface area contributed by atoms with Crippen molar-refractivity contribution in [1.82, 2.24) is 9.66 Å². The molecule has 1 unspecified atom stereocenters. The van der Waals surface area contributed by atoms with Crippen LogP contribution in [0.3, 0.4) is 0 Å². The van der Waals surface area contributed by atoms with Gasteiger partial charge in [-0.15, -0.1) is 4.68 Å². The largest absolute Gasteiger partial charge is 0.478 e. The standard InChI is InChI=1S/C22H24N4O5/c1-5-30-21(28)14(2)31-19-12-16(25(3)4)11-10-15(19)13-23-26-20(27)17-8-6-7-9-18(17)24-22(26)29/h6-14H,5H2,1-4H3,(H,24,29). The van der Waals surface area contributed by atoms with Gasteiger partial charge in [0.1, 0.15) is 5.75 Å². The molecule has 2 aromatic carbocycles. The number of carbonyl (C=O) groups is 1. The molecule has 162 valence electrons. The maximum absolute atomic E-state index is 12.7. The molecule has 0 radical (unpaired) electrons. The molecule has 3 aromatic rings. The third-order valence-electron chi connectivity index (χ3n) is 4.53. The molecule has 0 saturated carbocycles. The van der Waals surface area contributed by atoms with E-state index in [1.165, 1.54) is 6.21 Å². The van der Waals surface area contributed by atoms with Gasteiger partial charge in [0.05, 0.1) is 23.7 Å². The Balaban J connectivity index is 2.02. The van der Waals surface area contributed by atoms with Crippen molar-refractivity contribution < 1.29 is 14.3 Å². The Kier molecular flexibility index (Phi) is 6.54. The van der Waals surface area contributed by atoms with Crippen LogP contribution in [0.5, 0.6) is 5.75 Å². The molecule has 9 nitrogen and oxygen atoms in total. The van der Waals surface area contributed by atoms with Gasteiger partial charge < -0.3 is 19.4 Å². The highest BCUT2D eigenvalue weighted by molar-refractivity contribution is 5.85. The van der Waals surface area contributed by atoms with Crippen LogP contribution in [0.15, 0.2) is 57.2 Å². The topological polar surface area (TPSA) is 106 Å². The van der Waals surface area contributed by atoms with Gasteiger partial charge in [-0.2, -0.15) is 5.10 Å². The number of ether oxygens (including phenoxy) is 2. The molecular weight excluding hydrogens is 400 g/mol. The monoisotopic (exact) mass is 424 g/mol. The summed E-state index contributed by atoms with van der Waals surface area (Å²) in [6.07, 6.45) is 0.495. The highest BCUT2D eigenvalue weighted by Crippen LogP contribution is 2.25. The zero-order chi connectivity index (χ0) is 22.5. The zero-order valence-electron chi connectivity index (χ0n) is 17.8. The van der Waals surface area contributed by atoms with Crippen LogP contribution in [0.25, 0.3) is 10.9 Å². The molecule has 0 bridgehead atoms. The van der Waals surface area contributed by atoms with E-state index < -0.39 is 23.3 Å². The molecule has 1 heterocycles. The molecular formula is C22H24N4O5. The third kappa shape index (κ3) is 4.82. The number of carbonyl (C=O) groups excluding carboxylic acids is 1. The van der Waals surface area contributed by atoms with Crippen molar-refractivity contribution in [3.05, 3.63) is 68.9 Å². The highest BCUT2D eigenvalue weighted by atomic mass is 16.6. The maximum Gasteiger partial charge on any atom is 0.349 e. The number of esters is 1. The molecule has 31 heavy (non-hydrogen) atoms. The summed E-state index contributed by atoms with van der Waals surface area (Å²) in [7, 11) is 3.74. The fourth-order valence-corrected chi connectivity index (χ4v) is 2.89. The van der Waals surface area contributed by atoms with Gasteiger partial charge >= 0.3 is 11.7 Å². The number of aromatic amines is 1. The Morgan fingerprint density at radius 2 is 1.97 bits per heavy atom. The minimum atomic E-state index is -0.851. The van der Waals surface area contributed by atoms with Crippen molar-refractivity contribution in [2.24, 2.45) is 5.10 Å². The van der Waals surface area contributed by atoms with Crippen LogP contribution in [0.4, 0.5) is 5.69 Å². The van der Waals surface area contributed by atoms with Crippen LogP contribution >= 0.6 is 0 Å². The van der Waals surface area contributed by atoms with Gasteiger partial charge in [0.15, 0.2) is 6.10 Å². The molecule has 0 aliphatic rings. The van der Waals surface area contributed by atoms with Crippen molar-refractivity contribution in [2.75, 3.05) is 25.6 Å². The first-order chi connectivity index (χ1) is 14.8. The number of hydrogen-bond donors (Lipinski definition) is 1. The summed E-state index contributed by atoms with van der Waals surface area (Å²) in [5, 5.41) is 4.42. The van der Waals surface area contributed by atoms with E-state index in [4.69, 9.17) is 9.47 Å². The van der Waals surface area contributed by atoms with E-state index >= 15 is 0 Å². The Morgan fingerprint density at radius 1 is 1.23 bits per heavy atom. The summed E-state index contributed by atoms with van der Waals surface area (Å²) in [5.74, 6) is -0.136. The molecule has 3 rings (SSSR count). The van der Waals surface area contributed by atoms with E-state index in [1.54, 1.807) is 50.2 Å². The summed E-state index contributed by atoms with van der Waals surface area (Å²) in [6, 6.07) is 12.0. The van der Waals surface area contributed by atoms with Crippen LogP contribution in [-0.2, 0) is 9.53 Å². The molecule has 0 saturated heterocycles. The first-order valence-electron chi connectivity index (χ1n) is 9.75. The minimum absolute atomic E-state index is 0.242. The third-order valence-corrected chi connectivity index (χ3v) is 4.53. The number of hydrogen-bond acceptors (Lipinski definition) is 7. The number of anilines is 1. The predicted molar refractivity (Wildman–Crippen MR) is 119 cm³/mol. The Morgan fingerprint density at radius 3 is 2.68 bits per heavy atom. The quantitative estimate of drug-likeness (QED) is 0.459. The van der Waals surface area contributed by atoms with E-state index in [2.05, 4.69) is 10.1 Å². The van der Waals surface area contributed by atoms with Gasteiger partial charge in [-0.3, -0.25) is 4.79 Å². The highest BCUT2D eigenvalue weighted by Gasteiger charge is 2.18. The van der Waals surface area contributed by atoms with Crippen LogP contribution in [-0.4, -0.2) is 48.7 Å². The van der Waals surface area contributed by atoms with Gasteiger partial charge in [-0.1, -0.05) is 12.1 Å². The fraction of sp³-hybridized carbons (Fsp3) is 0.273. The van der Waals surface area contributed by atoms with Crippen molar-refractivity contribution in [1.29, 1.82) is 0 Å². The van der Waals surface area contributed by atoms with Crippen molar-refractivity contribution in [3.8, 4) is 5.75 Å². The van der Waals surface area contributed by atoms with Crippen LogP contribution in [0.2, 0.25) is 0 Å². The Hall–Kier alpha value is -3.88. The van der Waals surface area contributed by atoms with Gasteiger partial charge in [0.25, 0.3) is 5.56 Å². The number of benzene rings is 2. The lowest BCUT2D eigenvalue weighted by Gasteiger charge is -2.18. The molecule has 1 aromatic heterocycles. The maximum atomic E-state index is 12.7. The summed E-state index contributed by atoms with van der Waals surface area (Å²) in [4.78, 5) is 41.5. The summed E-state index contributed by atoms with van der Waals surface area (Å²) >= 11 is 0. The van der Waals surface area contributed by atoms with Crippen molar-refractivity contribution in [2.45, 2.75) is 20.0 Å². The smallest absolute Gasteiger partial charge is 0.349 e. The van der Waals surface area contributed by atoms with Crippen LogP contribution < -0.4 is 20.9 Å². The molecule has 0 amide bonds. The lowest BCUT2D eigenvalue weighted by Crippen LogP contribution is -2.32. The van der Waals surface area contributed by atoms with Gasteiger partial charge in [-0.05, 0) is 38.1 Å². The summed E-state index contributed by atoms with van der Waals surface area (Å²) < 4.78 is 11.6. The molecule has 0 aliphatic carbocycles. The average molecular weight is 424 g/mol. The van der Waals surface area contributed by atoms with Crippen LogP contribution in [0, 0.1) is 0 Å². The van der Waals surface area contributed by atoms with Crippen LogP contribution in [0.1, 0.15) is 19.4 Å². The van der Waals surface area contributed by atoms with E-state index in [0.717, 1.165) is 10.4 Å². The molecule has 0 spiro atoms. The van der Waals surface area contributed by atoms with E-state index in [9.17, 15) is 14.4 Å². The SMILES string of the molecule is CCOC(=O)C(C)Oc1cc(N(C)C)ccc1C=Nn1c(=O)[nH]c2ccccc2c1=O. The summed E-state index contributed by atoms with van der Waals surface area (Å²) in [6.45, 7) is 3.54. The second-order valence-electron chi connectivity index (χ2n) is 6.97. The fourth-order valence-electron chi connectivity index (χ4n) is 2.89. The van der Waals surface area contributed by atoms with Crippen molar-refractivity contribution in [3.63, 3.8) is 0 Å². The summed E-state index contributed by atoms with van der Waals surface area (Å²) in [5.41, 5.74) is 0.562. The normalized spacial score (nSPS) is 12.1. The molecule has 1 N–H and O–H groups in total. The number of para-hydroxylation sites is 1. The number of rotatable bonds is 7. The molecule has 0 aliphatic heterocycles. The first kappa shape index (κ1) is 21.8. The van der Waals surface area contributed by atoms with E-state index in [0.29, 0.717) is 22.2 Å². The minimum Gasteiger partial charge on any atom is -0.478 e.